The highest BCUT2D eigenvalue weighted by molar-refractivity contribution is 6.02. The van der Waals surface area contributed by atoms with Crippen LogP contribution in [0.3, 0.4) is 0 Å². The Morgan fingerprint density at radius 1 is 1.32 bits per heavy atom. The highest BCUT2D eigenvalue weighted by atomic mass is 16.2. The second-order valence-electron chi connectivity index (χ2n) is 5.65. The molecule has 0 saturated carbocycles. The van der Waals surface area contributed by atoms with Crippen LogP contribution in [0.5, 0.6) is 0 Å². The Balaban J connectivity index is 1.84. The van der Waals surface area contributed by atoms with Gasteiger partial charge in [-0.05, 0) is 49.4 Å². The van der Waals surface area contributed by atoms with E-state index in [1.165, 1.54) is 29.7 Å². The van der Waals surface area contributed by atoms with Crippen LogP contribution in [0.1, 0.15) is 30.9 Å². The van der Waals surface area contributed by atoms with E-state index < -0.39 is 0 Å². The quantitative estimate of drug-likeness (QED) is 0.901. The van der Waals surface area contributed by atoms with Crippen LogP contribution >= 0.6 is 0 Å². The number of nitrogens with one attached hydrogen (secondary N) is 1. The normalized spacial score (nSPS) is 19.8. The molecular formula is C16H22N2O. The first-order valence-corrected chi connectivity index (χ1v) is 7.41. The maximum atomic E-state index is 12.3. The number of aryl methyl sites for hydroxylation is 1. The van der Waals surface area contributed by atoms with E-state index in [9.17, 15) is 4.79 Å². The molecule has 1 aromatic carbocycles. The largest absolute Gasteiger partial charge is 0.317 e. The van der Waals surface area contributed by atoms with E-state index in [-0.39, 0.29) is 5.91 Å². The van der Waals surface area contributed by atoms with E-state index in [2.05, 4.69) is 35.3 Å². The molecule has 0 aliphatic carbocycles. The van der Waals surface area contributed by atoms with E-state index >= 15 is 0 Å². The second kappa shape index (κ2) is 5.33. The number of fused-ring (bicyclic) bond motifs is 1. The number of para-hydroxylation sites is 1. The fourth-order valence-corrected chi connectivity index (χ4v) is 3.32. The van der Waals surface area contributed by atoms with Crippen molar-refractivity contribution < 1.29 is 4.79 Å². The summed E-state index contributed by atoms with van der Waals surface area (Å²) in [6, 6.07) is 6.35. The molecule has 0 aromatic heterocycles. The summed E-state index contributed by atoms with van der Waals surface area (Å²) in [6.07, 6.45) is 3.97. The van der Waals surface area contributed by atoms with Crippen LogP contribution < -0.4 is 10.2 Å². The van der Waals surface area contributed by atoms with Gasteiger partial charge >= 0.3 is 0 Å². The molecule has 3 rings (SSSR count). The van der Waals surface area contributed by atoms with Crippen molar-refractivity contribution in [1.82, 2.24) is 5.32 Å². The first kappa shape index (κ1) is 12.7. The van der Waals surface area contributed by atoms with Gasteiger partial charge in [-0.1, -0.05) is 25.1 Å². The highest BCUT2D eigenvalue weighted by Gasteiger charge is 2.31. The SMILES string of the molecule is CCc1cccc2c1N(CC1CCNCC1)C(=O)C2. The zero-order valence-corrected chi connectivity index (χ0v) is 11.6. The van der Waals surface area contributed by atoms with Crippen LogP contribution in [0.15, 0.2) is 18.2 Å². The number of carbonyl (C=O) groups excluding carboxylic acids is 1. The lowest BCUT2D eigenvalue weighted by molar-refractivity contribution is -0.117. The zero-order chi connectivity index (χ0) is 13.2. The van der Waals surface area contributed by atoms with Crippen LogP contribution in [0.2, 0.25) is 0 Å². The molecule has 0 bridgehead atoms. The van der Waals surface area contributed by atoms with Gasteiger partial charge in [0.2, 0.25) is 5.91 Å². The molecule has 2 aliphatic rings. The van der Waals surface area contributed by atoms with Crippen molar-refractivity contribution in [2.45, 2.75) is 32.6 Å². The van der Waals surface area contributed by atoms with Crippen molar-refractivity contribution in [3.8, 4) is 0 Å². The fraction of sp³-hybridized carbons (Fsp3) is 0.562. The van der Waals surface area contributed by atoms with E-state index in [0.29, 0.717) is 12.3 Å². The molecule has 102 valence electrons. The molecule has 1 N–H and O–H groups in total. The average Bonchev–Trinajstić information content (AvgIpc) is 2.76. The predicted molar refractivity (Wildman–Crippen MR) is 77.5 cm³/mol. The summed E-state index contributed by atoms with van der Waals surface area (Å²) in [4.78, 5) is 14.3. The first-order chi connectivity index (χ1) is 9.29. The molecule has 3 heteroatoms. The van der Waals surface area contributed by atoms with E-state index in [0.717, 1.165) is 26.1 Å². The maximum absolute atomic E-state index is 12.3. The number of nitrogens with zero attached hydrogens (tertiary/aromatic N) is 1. The maximum Gasteiger partial charge on any atom is 0.231 e. The van der Waals surface area contributed by atoms with E-state index in [4.69, 9.17) is 0 Å². The number of carbonyl (C=O) groups is 1. The third-order valence-electron chi connectivity index (χ3n) is 4.40. The lowest BCUT2D eigenvalue weighted by atomic mass is 9.97. The van der Waals surface area contributed by atoms with E-state index in [1.807, 2.05) is 0 Å². The molecule has 0 atom stereocenters. The molecule has 2 heterocycles. The molecule has 2 aliphatic heterocycles. The molecule has 1 amide bonds. The van der Waals surface area contributed by atoms with Crippen LogP contribution in [0.4, 0.5) is 5.69 Å². The zero-order valence-electron chi connectivity index (χ0n) is 11.6. The number of anilines is 1. The van der Waals surface area contributed by atoms with Crippen molar-refractivity contribution in [1.29, 1.82) is 0 Å². The summed E-state index contributed by atoms with van der Waals surface area (Å²) in [6.45, 7) is 5.26. The number of benzene rings is 1. The Bertz CT molecular complexity index is 478. The number of rotatable bonds is 3. The summed E-state index contributed by atoms with van der Waals surface area (Å²) >= 11 is 0. The molecule has 0 unspecified atom stereocenters. The number of amides is 1. The summed E-state index contributed by atoms with van der Waals surface area (Å²) in [5, 5.41) is 3.39. The Kier molecular flexibility index (Phi) is 3.56. The van der Waals surface area contributed by atoms with Gasteiger partial charge in [0.15, 0.2) is 0 Å². The Morgan fingerprint density at radius 2 is 2.11 bits per heavy atom. The minimum absolute atomic E-state index is 0.287. The van der Waals surface area contributed by atoms with Gasteiger partial charge in [0, 0.05) is 6.54 Å². The van der Waals surface area contributed by atoms with Gasteiger partial charge in [-0.3, -0.25) is 4.79 Å². The summed E-state index contributed by atoms with van der Waals surface area (Å²) in [5.74, 6) is 0.940. The number of hydrogen-bond acceptors (Lipinski definition) is 2. The minimum Gasteiger partial charge on any atom is -0.317 e. The van der Waals surface area contributed by atoms with E-state index in [1.54, 1.807) is 0 Å². The Hall–Kier alpha value is -1.35. The lowest BCUT2D eigenvalue weighted by Gasteiger charge is -2.28. The molecule has 1 fully saturated rings. The highest BCUT2D eigenvalue weighted by Crippen LogP contribution is 2.34. The molecule has 0 spiro atoms. The van der Waals surface area contributed by atoms with Crippen molar-refractivity contribution in [2.24, 2.45) is 5.92 Å². The topological polar surface area (TPSA) is 32.3 Å². The minimum atomic E-state index is 0.287. The molecular weight excluding hydrogens is 236 g/mol. The summed E-state index contributed by atoms with van der Waals surface area (Å²) in [7, 11) is 0. The first-order valence-electron chi connectivity index (χ1n) is 7.41. The van der Waals surface area contributed by atoms with Crippen LogP contribution in [0, 0.1) is 5.92 Å². The van der Waals surface area contributed by atoms with Gasteiger partial charge in [-0.2, -0.15) is 0 Å². The van der Waals surface area contributed by atoms with Gasteiger partial charge in [-0.15, -0.1) is 0 Å². The van der Waals surface area contributed by atoms with Gasteiger partial charge in [-0.25, -0.2) is 0 Å². The lowest BCUT2D eigenvalue weighted by Crippen LogP contribution is -2.38. The van der Waals surface area contributed by atoms with Crippen molar-refractivity contribution in [3.05, 3.63) is 29.3 Å². The Morgan fingerprint density at radius 3 is 2.84 bits per heavy atom. The van der Waals surface area contributed by atoms with Crippen LogP contribution in [0.25, 0.3) is 0 Å². The fourth-order valence-electron chi connectivity index (χ4n) is 3.32. The van der Waals surface area contributed by atoms with Crippen LogP contribution in [-0.4, -0.2) is 25.5 Å². The molecule has 1 saturated heterocycles. The van der Waals surface area contributed by atoms with Gasteiger partial charge in [0.1, 0.15) is 0 Å². The third kappa shape index (κ3) is 2.39. The average molecular weight is 258 g/mol. The standard InChI is InChI=1S/C16H22N2O/c1-2-13-4-3-5-14-10-15(19)18(16(13)14)11-12-6-8-17-9-7-12/h3-5,12,17H,2,6-11H2,1H3. The Labute approximate surface area is 115 Å². The summed E-state index contributed by atoms with van der Waals surface area (Å²) < 4.78 is 0. The van der Waals surface area contributed by atoms with Gasteiger partial charge in [0.05, 0.1) is 12.1 Å². The van der Waals surface area contributed by atoms with Crippen molar-refractivity contribution >= 4 is 11.6 Å². The predicted octanol–water partition coefficient (Wildman–Crippen LogP) is 2.14. The van der Waals surface area contributed by atoms with Crippen LogP contribution in [-0.2, 0) is 17.6 Å². The molecule has 3 nitrogen and oxygen atoms in total. The molecule has 0 radical (unpaired) electrons. The van der Waals surface area contributed by atoms with Crippen molar-refractivity contribution in [3.63, 3.8) is 0 Å². The van der Waals surface area contributed by atoms with Gasteiger partial charge in [0.25, 0.3) is 0 Å². The summed E-state index contributed by atoms with van der Waals surface area (Å²) in [5.41, 5.74) is 3.75. The number of piperidine rings is 1. The number of hydrogen-bond donors (Lipinski definition) is 1. The third-order valence-corrected chi connectivity index (χ3v) is 4.40. The second-order valence-corrected chi connectivity index (χ2v) is 5.65. The smallest absolute Gasteiger partial charge is 0.231 e. The molecule has 19 heavy (non-hydrogen) atoms. The monoisotopic (exact) mass is 258 g/mol. The van der Waals surface area contributed by atoms with Gasteiger partial charge < -0.3 is 10.2 Å². The van der Waals surface area contributed by atoms with Crippen molar-refractivity contribution in [2.75, 3.05) is 24.5 Å². The molecule has 1 aromatic rings.